The third-order valence-corrected chi connectivity index (χ3v) is 7.40. The van der Waals surface area contributed by atoms with E-state index < -0.39 is 5.91 Å². The Hall–Kier alpha value is -2.74. The van der Waals surface area contributed by atoms with Crippen LogP contribution in [-0.4, -0.2) is 40.7 Å². The first-order chi connectivity index (χ1) is 15.6. The Labute approximate surface area is 192 Å². The molecule has 1 aliphatic carbocycles. The van der Waals surface area contributed by atoms with E-state index in [9.17, 15) is 14.4 Å². The minimum Gasteiger partial charge on any atom is -0.342 e. The first-order valence-corrected chi connectivity index (χ1v) is 12.4. The number of nitrogens with one attached hydrogen (secondary N) is 2. The highest BCUT2D eigenvalue weighted by molar-refractivity contribution is 7.09. The number of amides is 3. The third kappa shape index (κ3) is 5.73. The lowest BCUT2D eigenvalue weighted by atomic mass is 9.87. The van der Waals surface area contributed by atoms with Gasteiger partial charge in [0.25, 0.3) is 5.91 Å². The van der Waals surface area contributed by atoms with Crippen molar-refractivity contribution in [3.63, 3.8) is 0 Å². The summed E-state index contributed by atoms with van der Waals surface area (Å²) < 4.78 is 0. The Balaban J connectivity index is 1.23. The number of carbonyl (C=O) groups is 3. The molecule has 32 heavy (non-hydrogen) atoms. The number of piperidine rings is 1. The van der Waals surface area contributed by atoms with Crippen molar-refractivity contribution in [3.8, 4) is 0 Å². The van der Waals surface area contributed by atoms with E-state index in [0.29, 0.717) is 11.6 Å². The topological polar surface area (TPSA) is 91.4 Å². The smallest absolute Gasteiger partial charge is 0.289 e. The van der Waals surface area contributed by atoms with Crippen LogP contribution in [0.4, 0.5) is 0 Å². The zero-order valence-electron chi connectivity index (χ0n) is 18.2. The van der Waals surface area contributed by atoms with Gasteiger partial charge in [0.2, 0.25) is 11.8 Å². The molecule has 1 aromatic carbocycles. The fourth-order valence-electron chi connectivity index (χ4n) is 4.55. The van der Waals surface area contributed by atoms with Crippen molar-refractivity contribution in [3.05, 3.63) is 52.0 Å². The van der Waals surface area contributed by atoms with Crippen LogP contribution in [0.15, 0.2) is 35.7 Å². The lowest BCUT2D eigenvalue weighted by Gasteiger charge is -2.34. The monoisotopic (exact) mass is 454 g/mol. The molecule has 170 valence electrons. The molecule has 0 unspecified atom stereocenters. The first-order valence-electron chi connectivity index (χ1n) is 11.5. The second kappa shape index (κ2) is 10.7. The number of hydrogen-bond donors (Lipinski definition) is 2. The molecule has 8 heteroatoms. The normalized spacial score (nSPS) is 17.7. The molecular formula is C24H30N4O3S. The summed E-state index contributed by atoms with van der Waals surface area (Å²) in [6, 6.07) is 9.36. The highest BCUT2D eigenvalue weighted by Gasteiger charge is 2.30. The van der Waals surface area contributed by atoms with Crippen LogP contribution < -0.4 is 10.9 Å². The quantitative estimate of drug-likeness (QED) is 0.677. The Bertz CT molecular complexity index is 932. The Morgan fingerprint density at radius 1 is 0.969 bits per heavy atom. The summed E-state index contributed by atoms with van der Waals surface area (Å²) in [7, 11) is 0. The standard InChI is InChI=1S/C24H30N4O3S/c29-21(15-17-7-3-1-4-8-17)26-27-22(30)20-16-32-23(25-20)18-11-13-28(14-12-18)24(31)19-9-5-2-6-10-19/h1,3-4,7-8,16,18-19H,2,5-6,9-15H2,(H,26,29)(H,27,30). The van der Waals surface area contributed by atoms with Crippen molar-refractivity contribution in [1.29, 1.82) is 0 Å². The van der Waals surface area contributed by atoms with Crippen LogP contribution in [0.25, 0.3) is 0 Å². The van der Waals surface area contributed by atoms with Crippen LogP contribution in [0.1, 0.15) is 71.9 Å². The number of thiazole rings is 1. The molecule has 3 amide bonds. The summed E-state index contributed by atoms with van der Waals surface area (Å²) in [5.41, 5.74) is 6.09. The fourth-order valence-corrected chi connectivity index (χ4v) is 5.52. The molecule has 1 saturated carbocycles. The largest absolute Gasteiger partial charge is 0.342 e. The Morgan fingerprint density at radius 3 is 2.41 bits per heavy atom. The van der Waals surface area contributed by atoms with Gasteiger partial charge < -0.3 is 4.90 Å². The maximum atomic E-state index is 12.8. The van der Waals surface area contributed by atoms with E-state index in [1.807, 2.05) is 35.2 Å². The van der Waals surface area contributed by atoms with Gasteiger partial charge in [-0.2, -0.15) is 0 Å². The molecular weight excluding hydrogens is 424 g/mol. The van der Waals surface area contributed by atoms with Crippen LogP contribution in [0, 0.1) is 5.92 Å². The number of carbonyl (C=O) groups excluding carboxylic acids is 3. The molecule has 2 heterocycles. The number of rotatable bonds is 5. The summed E-state index contributed by atoms with van der Waals surface area (Å²) in [5, 5.41) is 2.66. The van der Waals surface area contributed by atoms with Gasteiger partial charge in [-0.3, -0.25) is 25.2 Å². The number of likely N-dealkylation sites (tertiary alicyclic amines) is 1. The summed E-state index contributed by atoms with van der Waals surface area (Å²) in [6.07, 6.45) is 7.61. The van der Waals surface area contributed by atoms with Gasteiger partial charge in [0.1, 0.15) is 5.69 Å². The van der Waals surface area contributed by atoms with Gasteiger partial charge in [0.05, 0.1) is 11.4 Å². The van der Waals surface area contributed by atoms with E-state index >= 15 is 0 Å². The summed E-state index contributed by atoms with van der Waals surface area (Å²) in [4.78, 5) is 43.7. The second-order valence-electron chi connectivity index (χ2n) is 8.67. The average molecular weight is 455 g/mol. The van der Waals surface area contributed by atoms with E-state index in [-0.39, 0.29) is 24.2 Å². The molecule has 1 aliphatic heterocycles. The van der Waals surface area contributed by atoms with Gasteiger partial charge in [-0.15, -0.1) is 11.3 Å². The van der Waals surface area contributed by atoms with Crippen LogP contribution >= 0.6 is 11.3 Å². The zero-order chi connectivity index (χ0) is 22.3. The van der Waals surface area contributed by atoms with Crippen molar-refractivity contribution in [2.45, 2.75) is 57.3 Å². The third-order valence-electron chi connectivity index (χ3n) is 6.39. The van der Waals surface area contributed by atoms with E-state index in [4.69, 9.17) is 0 Å². The lowest BCUT2D eigenvalue weighted by Crippen LogP contribution is -2.42. The van der Waals surface area contributed by atoms with Crippen molar-refractivity contribution < 1.29 is 14.4 Å². The van der Waals surface area contributed by atoms with Crippen molar-refractivity contribution in [1.82, 2.24) is 20.7 Å². The van der Waals surface area contributed by atoms with Gasteiger partial charge in [0.15, 0.2) is 0 Å². The van der Waals surface area contributed by atoms with Crippen molar-refractivity contribution in [2.75, 3.05) is 13.1 Å². The number of hydrogen-bond acceptors (Lipinski definition) is 5. The molecule has 1 saturated heterocycles. The molecule has 0 spiro atoms. The molecule has 0 bridgehead atoms. The van der Waals surface area contributed by atoms with E-state index in [2.05, 4.69) is 15.8 Å². The second-order valence-corrected chi connectivity index (χ2v) is 9.56. The SMILES string of the molecule is O=C(Cc1ccccc1)NNC(=O)c1csc(C2CCN(C(=O)C3CCCCC3)CC2)n1. The van der Waals surface area contributed by atoms with Crippen LogP contribution in [0.3, 0.4) is 0 Å². The Kier molecular flexibility index (Phi) is 7.52. The summed E-state index contributed by atoms with van der Waals surface area (Å²) in [5.74, 6) is 0.111. The molecule has 2 aliphatic rings. The van der Waals surface area contributed by atoms with Crippen LogP contribution in [0.2, 0.25) is 0 Å². The van der Waals surface area contributed by atoms with Crippen molar-refractivity contribution >= 4 is 29.1 Å². The average Bonchev–Trinajstić information content (AvgIpc) is 3.34. The van der Waals surface area contributed by atoms with Gasteiger partial charge in [0, 0.05) is 30.3 Å². The molecule has 7 nitrogen and oxygen atoms in total. The predicted octanol–water partition coefficient (Wildman–Crippen LogP) is 3.43. The number of aromatic nitrogens is 1. The molecule has 0 atom stereocenters. The predicted molar refractivity (Wildman–Crippen MR) is 123 cm³/mol. The zero-order valence-corrected chi connectivity index (χ0v) is 19.0. The van der Waals surface area contributed by atoms with E-state index in [1.54, 1.807) is 5.38 Å². The molecule has 1 aromatic heterocycles. The minimum atomic E-state index is -0.418. The highest BCUT2D eigenvalue weighted by atomic mass is 32.1. The number of hydrazine groups is 1. The van der Waals surface area contributed by atoms with Gasteiger partial charge in [-0.1, -0.05) is 49.6 Å². The van der Waals surface area contributed by atoms with Gasteiger partial charge >= 0.3 is 0 Å². The summed E-state index contributed by atoms with van der Waals surface area (Å²) in [6.45, 7) is 1.52. The maximum absolute atomic E-state index is 12.8. The first kappa shape index (κ1) is 22.5. The molecule has 4 rings (SSSR count). The van der Waals surface area contributed by atoms with E-state index in [1.165, 1.54) is 30.6 Å². The fraction of sp³-hybridized carbons (Fsp3) is 0.500. The molecule has 2 aromatic rings. The van der Waals surface area contributed by atoms with Crippen LogP contribution in [-0.2, 0) is 16.0 Å². The Morgan fingerprint density at radius 2 is 1.69 bits per heavy atom. The number of benzene rings is 1. The lowest BCUT2D eigenvalue weighted by molar-refractivity contribution is -0.137. The molecule has 2 fully saturated rings. The molecule has 0 radical (unpaired) electrons. The maximum Gasteiger partial charge on any atom is 0.289 e. The van der Waals surface area contributed by atoms with Gasteiger partial charge in [-0.05, 0) is 31.2 Å². The van der Waals surface area contributed by atoms with Crippen LogP contribution in [0.5, 0.6) is 0 Å². The minimum absolute atomic E-state index is 0.196. The van der Waals surface area contributed by atoms with Gasteiger partial charge in [-0.25, -0.2) is 4.98 Å². The highest BCUT2D eigenvalue weighted by Crippen LogP contribution is 2.32. The summed E-state index contributed by atoms with van der Waals surface area (Å²) >= 11 is 1.47. The molecule has 2 N–H and O–H groups in total. The van der Waals surface area contributed by atoms with E-state index in [0.717, 1.165) is 49.3 Å². The van der Waals surface area contributed by atoms with Crippen molar-refractivity contribution in [2.24, 2.45) is 5.92 Å². The number of nitrogens with zero attached hydrogens (tertiary/aromatic N) is 2.